The zero-order chi connectivity index (χ0) is 13.8. The zero-order valence-corrected chi connectivity index (χ0v) is 13.6. The molecule has 1 nitrogen and oxygen atoms in total. The van der Waals surface area contributed by atoms with Crippen molar-refractivity contribution in [3.8, 4) is 0 Å². The van der Waals surface area contributed by atoms with Crippen molar-refractivity contribution in [2.24, 2.45) is 23.2 Å². The van der Waals surface area contributed by atoms with Gasteiger partial charge in [-0.2, -0.15) is 0 Å². The first-order valence-corrected chi connectivity index (χ1v) is 8.10. The standard InChI is InChI=1S/C17H35N/c1-7-17(5,6)15-8-10-16(11-9-15)18-12-14(4)13(2)3/h13-16,18H,7-12H2,1-6H3. The Bertz CT molecular complexity index is 224. The average molecular weight is 253 g/mol. The Morgan fingerprint density at radius 2 is 1.61 bits per heavy atom. The smallest absolute Gasteiger partial charge is 0.00673 e. The molecule has 1 rings (SSSR count). The maximum Gasteiger partial charge on any atom is 0.00673 e. The fraction of sp³-hybridized carbons (Fsp3) is 1.00. The molecule has 1 unspecified atom stereocenters. The summed E-state index contributed by atoms with van der Waals surface area (Å²) in [5.41, 5.74) is 0.552. The highest BCUT2D eigenvalue weighted by Gasteiger charge is 2.31. The minimum Gasteiger partial charge on any atom is -0.314 e. The summed E-state index contributed by atoms with van der Waals surface area (Å²) in [7, 11) is 0. The molecule has 1 heteroatoms. The van der Waals surface area contributed by atoms with E-state index in [4.69, 9.17) is 0 Å². The fourth-order valence-corrected chi connectivity index (χ4v) is 2.96. The van der Waals surface area contributed by atoms with Gasteiger partial charge >= 0.3 is 0 Å². The Morgan fingerprint density at radius 3 is 2.06 bits per heavy atom. The van der Waals surface area contributed by atoms with Crippen molar-refractivity contribution in [3.63, 3.8) is 0 Å². The molecular formula is C17H35N. The van der Waals surface area contributed by atoms with Gasteiger partial charge in [-0.05, 0) is 55.4 Å². The fourth-order valence-electron chi connectivity index (χ4n) is 2.96. The Hall–Kier alpha value is -0.0400. The van der Waals surface area contributed by atoms with E-state index in [-0.39, 0.29) is 0 Å². The van der Waals surface area contributed by atoms with Gasteiger partial charge in [0.15, 0.2) is 0 Å². The number of rotatable bonds is 6. The number of nitrogens with one attached hydrogen (secondary N) is 1. The van der Waals surface area contributed by atoms with Crippen molar-refractivity contribution < 1.29 is 0 Å². The van der Waals surface area contributed by atoms with Crippen LogP contribution in [0, 0.1) is 23.2 Å². The van der Waals surface area contributed by atoms with Gasteiger partial charge in [0, 0.05) is 6.04 Å². The zero-order valence-electron chi connectivity index (χ0n) is 13.6. The Kier molecular flexibility index (Phi) is 6.17. The van der Waals surface area contributed by atoms with Crippen LogP contribution in [-0.2, 0) is 0 Å². The molecule has 0 aromatic rings. The average Bonchev–Trinajstić information content (AvgIpc) is 2.36. The van der Waals surface area contributed by atoms with Gasteiger partial charge in [-0.25, -0.2) is 0 Å². The highest BCUT2D eigenvalue weighted by atomic mass is 14.9. The van der Waals surface area contributed by atoms with Crippen LogP contribution in [0.15, 0.2) is 0 Å². The van der Waals surface area contributed by atoms with Crippen LogP contribution in [0.4, 0.5) is 0 Å². The van der Waals surface area contributed by atoms with Crippen LogP contribution in [0.5, 0.6) is 0 Å². The quantitative estimate of drug-likeness (QED) is 0.712. The van der Waals surface area contributed by atoms with E-state index < -0.39 is 0 Å². The first-order valence-electron chi connectivity index (χ1n) is 8.10. The summed E-state index contributed by atoms with van der Waals surface area (Å²) in [5, 5.41) is 3.79. The summed E-state index contributed by atoms with van der Waals surface area (Å²) in [4.78, 5) is 0. The van der Waals surface area contributed by atoms with E-state index in [0.29, 0.717) is 5.41 Å². The van der Waals surface area contributed by atoms with Crippen molar-refractivity contribution in [1.82, 2.24) is 5.32 Å². The van der Waals surface area contributed by atoms with Gasteiger partial charge in [0.25, 0.3) is 0 Å². The van der Waals surface area contributed by atoms with E-state index in [9.17, 15) is 0 Å². The molecule has 0 spiro atoms. The van der Waals surface area contributed by atoms with Crippen molar-refractivity contribution in [2.75, 3.05) is 6.54 Å². The maximum atomic E-state index is 3.79. The largest absolute Gasteiger partial charge is 0.314 e. The molecule has 0 heterocycles. The second kappa shape index (κ2) is 6.93. The Balaban J connectivity index is 2.27. The van der Waals surface area contributed by atoms with Gasteiger partial charge in [-0.1, -0.05) is 48.0 Å². The molecule has 1 atom stereocenters. The van der Waals surface area contributed by atoms with Gasteiger partial charge in [-0.3, -0.25) is 0 Å². The van der Waals surface area contributed by atoms with Crippen molar-refractivity contribution in [2.45, 2.75) is 79.7 Å². The van der Waals surface area contributed by atoms with Crippen LogP contribution in [-0.4, -0.2) is 12.6 Å². The summed E-state index contributed by atoms with van der Waals surface area (Å²) < 4.78 is 0. The lowest BCUT2D eigenvalue weighted by molar-refractivity contribution is 0.135. The van der Waals surface area contributed by atoms with Crippen LogP contribution >= 0.6 is 0 Å². The normalized spacial score (nSPS) is 27.5. The SMILES string of the molecule is CCC(C)(C)C1CCC(NCC(C)C(C)C)CC1. The van der Waals surface area contributed by atoms with E-state index in [1.54, 1.807) is 0 Å². The molecule has 0 aliphatic heterocycles. The van der Waals surface area contributed by atoms with Gasteiger partial charge in [0.05, 0.1) is 0 Å². The third-order valence-electron chi connectivity index (χ3n) is 5.61. The summed E-state index contributed by atoms with van der Waals surface area (Å²) in [6.07, 6.45) is 6.95. The molecule has 1 N–H and O–H groups in total. The molecule has 1 aliphatic rings. The lowest BCUT2D eigenvalue weighted by Gasteiger charge is -2.39. The molecule has 18 heavy (non-hydrogen) atoms. The van der Waals surface area contributed by atoms with Crippen molar-refractivity contribution in [1.29, 1.82) is 0 Å². The summed E-state index contributed by atoms with van der Waals surface area (Å²) in [6, 6.07) is 0.787. The van der Waals surface area contributed by atoms with Gasteiger partial charge in [-0.15, -0.1) is 0 Å². The summed E-state index contributed by atoms with van der Waals surface area (Å²) >= 11 is 0. The van der Waals surface area contributed by atoms with E-state index in [1.807, 2.05) is 0 Å². The molecule has 1 fully saturated rings. The van der Waals surface area contributed by atoms with E-state index in [0.717, 1.165) is 23.8 Å². The van der Waals surface area contributed by atoms with Crippen molar-refractivity contribution in [3.05, 3.63) is 0 Å². The topological polar surface area (TPSA) is 12.0 Å². The molecule has 0 bridgehead atoms. The van der Waals surface area contributed by atoms with Gasteiger partial charge in [0.2, 0.25) is 0 Å². The third kappa shape index (κ3) is 4.57. The van der Waals surface area contributed by atoms with Crippen LogP contribution in [0.2, 0.25) is 0 Å². The van der Waals surface area contributed by atoms with Crippen LogP contribution < -0.4 is 5.32 Å². The number of hydrogen-bond acceptors (Lipinski definition) is 1. The molecule has 108 valence electrons. The first kappa shape index (κ1) is 16.0. The van der Waals surface area contributed by atoms with Crippen molar-refractivity contribution >= 4 is 0 Å². The lowest BCUT2D eigenvalue weighted by Crippen LogP contribution is -2.39. The molecule has 0 radical (unpaired) electrons. The predicted molar refractivity (Wildman–Crippen MR) is 81.8 cm³/mol. The van der Waals surface area contributed by atoms with Crippen LogP contribution in [0.1, 0.15) is 73.6 Å². The Labute approximate surface area is 115 Å². The second-order valence-corrected chi connectivity index (χ2v) is 7.52. The molecule has 0 aromatic carbocycles. The molecule has 0 saturated heterocycles. The molecule has 1 saturated carbocycles. The van der Waals surface area contributed by atoms with Crippen LogP contribution in [0.25, 0.3) is 0 Å². The molecular weight excluding hydrogens is 218 g/mol. The van der Waals surface area contributed by atoms with Gasteiger partial charge < -0.3 is 5.32 Å². The predicted octanol–water partition coefficient (Wildman–Crippen LogP) is 4.86. The van der Waals surface area contributed by atoms with E-state index >= 15 is 0 Å². The van der Waals surface area contributed by atoms with Gasteiger partial charge in [0.1, 0.15) is 0 Å². The summed E-state index contributed by atoms with van der Waals surface area (Å²) in [6.45, 7) is 15.5. The molecule has 1 aliphatic carbocycles. The highest BCUT2D eigenvalue weighted by molar-refractivity contribution is 4.85. The second-order valence-electron chi connectivity index (χ2n) is 7.52. The number of hydrogen-bond donors (Lipinski definition) is 1. The Morgan fingerprint density at radius 1 is 1.06 bits per heavy atom. The third-order valence-corrected chi connectivity index (χ3v) is 5.61. The molecule has 0 amide bonds. The van der Waals surface area contributed by atoms with E-state index in [1.165, 1.54) is 38.6 Å². The minimum atomic E-state index is 0.552. The lowest BCUT2D eigenvalue weighted by atomic mass is 9.69. The first-order chi connectivity index (χ1) is 8.36. The molecule has 0 aromatic heterocycles. The highest BCUT2D eigenvalue weighted by Crippen LogP contribution is 2.40. The summed E-state index contributed by atoms with van der Waals surface area (Å²) in [5.74, 6) is 2.55. The van der Waals surface area contributed by atoms with Crippen LogP contribution in [0.3, 0.4) is 0 Å². The minimum absolute atomic E-state index is 0.552. The monoisotopic (exact) mass is 253 g/mol. The maximum absolute atomic E-state index is 3.79. The van der Waals surface area contributed by atoms with E-state index in [2.05, 4.69) is 46.9 Å².